The van der Waals surface area contributed by atoms with Crippen LogP contribution in [0, 0.1) is 0 Å². The van der Waals surface area contributed by atoms with Crippen molar-refractivity contribution in [3.63, 3.8) is 0 Å². The summed E-state index contributed by atoms with van der Waals surface area (Å²) in [6, 6.07) is 11.5. The van der Waals surface area contributed by atoms with Crippen molar-refractivity contribution in [2.24, 2.45) is 0 Å². The zero-order valence-corrected chi connectivity index (χ0v) is 15.5. The number of thiazole rings is 1. The predicted octanol–water partition coefficient (Wildman–Crippen LogP) is 4.07. The minimum Gasteiger partial charge on any atom is -0.492 e. The van der Waals surface area contributed by atoms with Crippen LogP contribution in [-0.2, 0) is 5.75 Å². The lowest BCUT2D eigenvalue weighted by atomic mass is 10.3. The average molecular weight is 385 g/mol. The lowest BCUT2D eigenvalue weighted by molar-refractivity contribution is 0.337. The summed E-state index contributed by atoms with van der Waals surface area (Å²) in [5.74, 6) is 2.19. The number of rotatable bonds is 7. The molecule has 0 aliphatic rings. The van der Waals surface area contributed by atoms with E-state index in [0.717, 1.165) is 27.9 Å². The summed E-state index contributed by atoms with van der Waals surface area (Å²) < 4.78 is 12.8. The van der Waals surface area contributed by atoms with E-state index in [-0.39, 0.29) is 0 Å². The van der Waals surface area contributed by atoms with Gasteiger partial charge < -0.3 is 9.15 Å². The van der Waals surface area contributed by atoms with Crippen LogP contribution in [0.5, 0.6) is 5.75 Å². The molecule has 0 aliphatic heterocycles. The number of para-hydroxylation sites is 2. The summed E-state index contributed by atoms with van der Waals surface area (Å²) in [4.78, 5) is 4.60. The number of ether oxygens (including phenoxy) is 1. The number of thioether (sulfide) groups is 1. The molecule has 7 nitrogen and oxygen atoms in total. The predicted molar refractivity (Wildman–Crippen MR) is 99.7 cm³/mol. The smallest absolute Gasteiger partial charge is 0.214 e. The maximum Gasteiger partial charge on any atom is 0.214 e. The Kier molecular flexibility index (Phi) is 4.98. The van der Waals surface area contributed by atoms with E-state index in [1.54, 1.807) is 22.3 Å². The highest BCUT2D eigenvalue weighted by molar-refractivity contribution is 7.98. The molecule has 3 heterocycles. The first-order chi connectivity index (χ1) is 12.8. The largest absolute Gasteiger partial charge is 0.492 e. The van der Waals surface area contributed by atoms with Crippen molar-refractivity contribution in [2.45, 2.75) is 17.8 Å². The van der Waals surface area contributed by atoms with Crippen LogP contribution in [0.3, 0.4) is 0 Å². The molecule has 3 aromatic heterocycles. The third kappa shape index (κ3) is 3.49. The van der Waals surface area contributed by atoms with Gasteiger partial charge in [-0.05, 0) is 41.6 Å². The van der Waals surface area contributed by atoms with Crippen molar-refractivity contribution in [1.82, 2.24) is 25.2 Å². The van der Waals surface area contributed by atoms with Gasteiger partial charge in [-0.3, -0.25) is 0 Å². The van der Waals surface area contributed by atoms with Crippen molar-refractivity contribution in [1.29, 1.82) is 0 Å². The number of nitrogens with zero attached hydrogens (tertiary/aromatic N) is 5. The van der Waals surface area contributed by atoms with E-state index in [9.17, 15) is 0 Å². The Morgan fingerprint density at radius 3 is 3.00 bits per heavy atom. The monoisotopic (exact) mass is 385 g/mol. The SMILES string of the molecule is CCOc1ccccc1-n1nnnc1SCc1csc(-c2ccco2)n1. The van der Waals surface area contributed by atoms with E-state index in [1.807, 2.05) is 48.7 Å². The second kappa shape index (κ2) is 7.71. The minimum absolute atomic E-state index is 0.579. The molecule has 0 saturated carbocycles. The van der Waals surface area contributed by atoms with Gasteiger partial charge in [0, 0.05) is 11.1 Å². The first-order valence-corrected chi connectivity index (χ1v) is 9.83. The van der Waals surface area contributed by atoms with Gasteiger partial charge in [0.15, 0.2) is 10.8 Å². The molecular weight excluding hydrogens is 370 g/mol. The highest BCUT2D eigenvalue weighted by Gasteiger charge is 2.14. The number of aromatic nitrogens is 5. The molecule has 9 heteroatoms. The molecule has 0 N–H and O–H groups in total. The molecule has 0 aliphatic carbocycles. The Morgan fingerprint density at radius 1 is 1.23 bits per heavy atom. The van der Waals surface area contributed by atoms with Crippen LogP contribution in [0.15, 0.2) is 57.6 Å². The maximum atomic E-state index is 5.68. The van der Waals surface area contributed by atoms with E-state index in [4.69, 9.17) is 9.15 Å². The molecule has 0 bridgehead atoms. The fraction of sp³-hybridized carbons (Fsp3) is 0.176. The third-order valence-corrected chi connectivity index (χ3v) is 5.33. The molecule has 0 spiro atoms. The van der Waals surface area contributed by atoms with Gasteiger partial charge in [-0.2, -0.15) is 4.68 Å². The minimum atomic E-state index is 0.579. The van der Waals surface area contributed by atoms with E-state index in [0.29, 0.717) is 17.5 Å². The molecular formula is C17H15N5O2S2. The summed E-state index contributed by atoms with van der Waals surface area (Å²) in [6.07, 6.45) is 1.65. The van der Waals surface area contributed by atoms with Crippen LogP contribution >= 0.6 is 23.1 Å². The number of benzene rings is 1. The molecule has 1 aromatic carbocycles. The Balaban J connectivity index is 1.52. The molecule has 0 fully saturated rings. The molecule has 0 saturated heterocycles. The summed E-state index contributed by atoms with van der Waals surface area (Å²) in [7, 11) is 0. The van der Waals surface area contributed by atoms with E-state index in [2.05, 4.69) is 20.5 Å². The van der Waals surface area contributed by atoms with Crippen LogP contribution < -0.4 is 4.74 Å². The molecule has 26 heavy (non-hydrogen) atoms. The first kappa shape index (κ1) is 16.8. The lowest BCUT2D eigenvalue weighted by Gasteiger charge is -2.10. The Labute approximate surface area is 158 Å². The van der Waals surface area contributed by atoms with E-state index in [1.165, 1.54) is 11.8 Å². The maximum absolute atomic E-state index is 5.68. The number of furan rings is 1. The normalized spacial score (nSPS) is 11.0. The zero-order valence-electron chi connectivity index (χ0n) is 13.9. The van der Waals surface area contributed by atoms with Gasteiger partial charge in [0.05, 0.1) is 18.6 Å². The van der Waals surface area contributed by atoms with Crippen molar-refractivity contribution < 1.29 is 9.15 Å². The standard InChI is InChI=1S/C17H15N5O2S2/c1-2-23-14-7-4-3-6-13(14)22-17(19-20-21-22)26-11-12-10-25-16(18-12)15-8-5-9-24-15/h3-10H,2,11H2,1H3. The van der Waals surface area contributed by atoms with E-state index >= 15 is 0 Å². The van der Waals surface area contributed by atoms with Crippen molar-refractivity contribution in [2.75, 3.05) is 6.61 Å². The summed E-state index contributed by atoms with van der Waals surface area (Å²) >= 11 is 3.08. The number of tetrazole rings is 1. The summed E-state index contributed by atoms with van der Waals surface area (Å²) in [5.41, 5.74) is 1.77. The number of hydrogen-bond donors (Lipinski definition) is 0. The lowest BCUT2D eigenvalue weighted by Crippen LogP contribution is -2.03. The van der Waals surface area contributed by atoms with E-state index < -0.39 is 0 Å². The van der Waals surface area contributed by atoms with Crippen LogP contribution in [0.4, 0.5) is 0 Å². The van der Waals surface area contributed by atoms with Crippen molar-refractivity contribution in [3.05, 3.63) is 53.7 Å². The van der Waals surface area contributed by atoms with Gasteiger partial charge in [-0.1, -0.05) is 23.9 Å². The second-order valence-corrected chi connectivity index (χ2v) is 6.98. The highest BCUT2D eigenvalue weighted by Crippen LogP contribution is 2.29. The molecule has 0 unspecified atom stereocenters. The van der Waals surface area contributed by atoms with Gasteiger partial charge in [-0.15, -0.1) is 16.4 Å². The first-order valence-electron chi connectivity index (χ1n) is 7.97. The topological polar surface area (TPSA) is 78.9 Å². The Hall–Kier alpha value is -2.65. The fourth-order valence-corrected chi connectivity index (χ4v) is 4.02. The van der Waals surface area contributed by atoms with Crippen LogP contribution in [-0.4, -0.2) is 31.8 Å². The van der Waals surface area contributed by atoms with Gasteiger partial charge in [0.1, 0.15) is 11.4 Å². The summed E-state index contributed by atoms with van der Waals surface area (Å²) in [6.45, 7) is 2.53. The molecule has 0 radical (unpaired) electrons. The summed E-state index contributed by atoms with van der Waals surface area (Å²) in [5, 5.41) is 15.6. The van der Waals surface area contributed by atoms with Crippen LogP contribution in [0.25, 0.3) is 16.5 Å². The third-order valence-electron chi connectivity index (χ3n) is 3.47. The molecule has 4 aromatic rings. The Bertz CT molecular complexity index is 981. The number of hydrogen-bond acceptors (Lipinski definition) is 8. The van der Waals surface area contributed by atoms with Crippen molar-refractivity contribution >= 4 is 23.1 Å². The van der Waals surface area contributed by atoms with Gasteiger partial charge in [0.2, 0.25) is 5.16 Å². The van der Waals surface area contributed by atoms with Crippen LogP contribution in [0.1, 0.15) is 12.6 Å². The second-order valence-electron chi connectivity index (χ2n) is 5.18. The van der Waals surface area contributed by atoms with Crippen molar-refractivity contribution in [3.8, 4) is 22.2 Å². The molecule has 0 amide bonds. The fourth-order valence-electron chi connectivity index (χ4n) is 2.35. The van der Waals surface area contributed by atoms with Gasteiger partial charge >= 0.3 is 0 Å². The molecule has 132 valence electrons. The zero-order chi connectivity index (χ0) is 17.8. The molecule has 0 atom stereocenters. The Morgan fingerprint density at radius 2 is 2.15 bits per heavy atom. The van der Waals surface area contributed by atoms with Gasteiger partial charge in [0.25, 0.3) is 0 Å². The average Bonchev–Trinajstić information content (AvgIpc) is 3.41. The molecule has 4 rings (SSSR count). The highest BCUT2D eigenvalue weighted by atomic mass is 32.2. The van der Waals surface area contributed by atoms with Gasteiger partial charge in [-0.25, -0.2) is 4.98 Å². The van der Waals surface area contributed by atoms with Crippen LogP contribution in [0.2, 0.25) is 0 Å². The quantitative estimate of drug-likeness (QED) is 0.444.